The molecule has 6 nitrogen and oxygen atoms in total. The van der Waals surface area contributed by atoms with Crippen LogP contribution in [0.1, 0.15) is 48.7 Å². The topological polar surface area (TPSA) is 70.7 Å². The summed E-state index contributed by atoms with van der Waals surface area (Å²) in [6, 6.07) is 15.3. The van der Waals surface area contributed by atoms with Gasteiger partial charge in [-0.2, -0.15) is 0 Å². The third kappa shape index (κ3) is 5.57. The molecule has 1 fully saturated rings. The van der Waals surface area contributed by atoms with Crippen molar-refractivity contribution in [3.05, 3.63) is 59.7 Å². The van der Waals surface area contributed by atoms with Gasteiger partial charge in [-0.1, -0.05) is 31.2 Å². The zero-order valence-electron chi connectivity index (χ0n) is 17.3. The van der Waals surface area contributed by atoms with Crippen molar-refractivity contribution in [2.45, 2.75) is 38.8 Å². The number of carbonyl (C=O) groups excluding carboxylic acids is 2. The molecule has 0 bridgehead atoms. The minimum Gasteiger partial charge on any atom is -0.497 e. The fourth-order valence-corrected chi connectivity index (χ4v) is 3.29. The van der Waals surface area contributed by atoms with Gasteiger partial charge in [-0.25, -0.2) is 0 Å². The van der Waals surface area contributed by atoms with Crippen molar-refractivity contribution in [1.29, 1.82) is 0 Å². The number of amides is 2. The van der Waals surface area contributed by atoms with Crippen LogP contribution in [0.15, 0.2) is 48.5 Å². The molecule has 0 aliphatic heterocycles. The second-order valence-corrected chi connectivity index (χ2v) is 7.36. The largest absolute Gasteiger partial charge is 0.497 e. The summed E-state index contributed by atoms with van der Waals surface area (Å²) in [7, 11) is 1.64. The molecule has 2 N–H and O–H groups in total. The lowest BCUT2D eigenvalue weighted by Gasteiger charge is -2.28. The molecule has 1 saturated carbocycles. The molecule has 2 aromatic carbocycles. The number of likely N-dealkylation sites (N-methyl/N-ethyl adjacent to an activating group) is 1. The standard InChI is InChI=1S/C23H29N3O3/c1-4-26(16(2)17-8-7-9-19(14-17)29-3)15-22(27)25-21-11-6-5-10-20(21)23(28)24-18-12-13-18/h5-11,14,16,18H,4,12-13,15H2,1-3H3,(H,24,28)(H,25,27). The normalized spacial score (nSPS) is 14.3. The highest BCUT2D eigenvalue weighted by molar-refractivity contribution is 6.04. The zero-order valence-corrected chi connectivity index (χ0v) is 17.3. The highest BCUT2D eigenvalue weighted by Gasteiger charge is 2.25. The van der Waals surface area contributed by atoms with E-state index in [1.807, 2.05) is 37.3 Å². The molecule has 1 aliphatic rings. The molecule has 1 atom stereocenters. The Morgan fingerprint density at radius 3 is 2.62 bits per heavy atom. The minimum absolute atomic E-state index is 0.0502. The first-order valence-corrected chi connectivity index (χ1v) is 10.1. The second kappa shape index (κ2) is 9.56. The molecule has 2 amide bonds. The van der Waals surface area contributed by atoms with Crippen LogP contribution < -0.4 is 15.4 Å². The number of nitrogens with zero attached hydrogens (tertiary/aromatic N) is 1. The van der Waals surface area contributed by atoms with E-state index in [4.69, 9.17) is 4.74 Å². The van der Waals surface area contributed by atoms with Gasteiger partial charge >= 0.3 is 0 Å². The molecule has 2 aromatic rings. The van der Waals surface area contributed by atoms with E-state index in [1.54, 1.807) is 25.3 Å². The predicted molar refractivity (Wildman–Crippen MR) is 114 cm³/mol. The highest BCUT2D eigenvalue weighted by Crippen LogP contribution is 2.24. The molecular formula is C23H29N3O3. The van der Waals surface area contributed by atoms with Gasteiger partial charge in [0.15, 0.2) is 0 Å². The van der Waals surface area contributed by atoms with Crippen LogP contribution in [0.3, 0.4) is 0 Å². The van der Waals surface area contributed by atoms with Gasteiger partial charge in [-0.3, -0.25) is 14.5 Å². The monoisotopic (exact) mass is 395 g/mol. The minimum atomic E-state index is -0.145. The van der Waals surface area contributed by atoms with E-state index in [0.29, 0.717) is 11.3 Å². The fourth-order valence-electron chi connectivity index (χ4n) is 3.29. The van der Waals surface area contributed by atoms with Crippen LogP contribution in [0.5, 0.6) is 5.75 Å². The van der Waals surface area contributed by atoms with Crippen molar-refractivity contribution in [3.8, 4) is 5.75 Å². The van der Waals surface area contributed by atoms with Gasteiger partial charge in [0.1, 0.15) is 5.75 Å². The fraction of sp³-hybridized carbons (Fsp3) is 0.391. The summed E-state index contributed by atoms with van der Waals surface area (Å²) in [5, 5.41) is 5.89. The third-order valence-corrected chi connectivity index (χ3v) is 5.24. The molecule has 0 aromatic heterocycles. The summed E-state index contributed by atoms with van der Waals surface area (Å²) in [6.07, 6.45) is 2.04. The molecule has 0 saturated heterocycles. The van der Waals surface area contributed by atoms with Crippen LogP contribution in [-0.2, 0) is 4.79 Å². The van der Waals surface area contributed by atoms with Gasteiger partial charge in [0.25, 0.3) is 5.91 Å². The van der Waals surface area contributed by atoms with Crippen molar-refractivity contribution >= 4 is 17.5 Å². The predicted octanol–water partition coefficient (Wildman–Crippen LogP) is 3.61. The Labute approximate surface area is 172 Å². The van der Waals surface area contributed by atoms with E-state index < -0.39 is 0 Å². The van der Waals surface area contributed by atoms with E-state index in [9.17, 15) is 9.59 Å². The van der Waals surface area contributed by atoms with Gasteiger partial charge in [0, 0.05) is 12.1 Å². The van der Waals surface area contributed by atoms with Crippen molar-refractivity contribution in [3.63, 3.8) is 0 Å². The Bertz CT molecular complexity index is 864. The Morgan fingerprint density at radius 2 is 1.93 bits per heavy atom. The molecule has 6 heteroatoms. The number of rotatable bonds is 9. The quantitative estimate of drug-likeness (QED) is 0.680. The maximum absolute atomic E-state index is 12.7. The van der Waals surface area contributed by atoms with Crippen molar-refractivity contribution in [2.24, 2.45) is 0 Å². The molecule has 1 unspecified atom stereocenters. The van der Waals surface area contributed by atoms with Crippen LogP contribution in [0.2, 0.25) is 0 Å². The van der Waals surface area contributed by atoms with Gasteiger partial charge in [0.05, 0.1) is 24.9 Å². The maximum Gasteiger partial charge on any atom is 0.253 e. The molecule has 154 valence electrons. The average Bonchev–Trinajstić information content (AvgIpc) is 3.55. The molecule has 0 spiro atoms. The highest BCUT2D eigenvalue weighted by atomic mass is 16.5. The molecule has 3 rings (SSSR count). The Kier molecular flexibility index (Phi) is 6.88. The van der Waals surface area contributed by atoms with Crippen molar-refractivity contribution in [2.75, 3.05) is 25.5 Å². The van der Waals surface area contributed by atoms with Gasteiger partial charge in [-0.15, -0.1) is 0 Å². The second-order valence-electron chi connectivity index (χ2n) is 7.36. The van der Waals surface area contributed by atoms with Crippen LogP contribution in [0.4, 0.5) is 5.69 Å². The molecule has 0 radical (unpaired) electrons. The molecule has 0 heterocycles. The zero-order chi connectivity index (χ0) is 20.8. The molecule has 29 heavy (non-hydrogen) atoms. The number of anilines is 1. The lowest BCUT2D eigenvalue weighted by molar-refractivity contribution is -0.117. The number of ether oxygens (including phenoxy) is 1. The van der Waals surface area contributed by atoms with Crippen LogP contribution in [0.25, 0.3) is 0 Å². The molecular weight excluding hydrogens is 366 g/mol. The van der Waals surface area contributed by atoms with Gasteiger partial charge < -0.3 is 15.4 Å². The SMILES string of the molecule is CCN(CC(=O)Nc1ccccc1C(=O)NC1CC1)C(C)c1cccc(OC)c1. The number of benzene rings is 2. The summed E-state index contributed by atoms with van der Waals surface area (Å²) in [6.45, 7) is 5.05. The van der Waals surface area contributed by atoms with E-state index in [1.165, 1.54) is 0 Å². The Balaban J connectivity index is 1.66. The Hall–Kier alpha value is -2.86. The van der Waals surface area contributed by atoms with Gasteiger partial charge in [0.2, 0.25) is 5.91 Å². The molecule has 1 aliphatic carbocycles. The smallest absolute Gasteiger partial charge is 0.253 e. The third-order valence-electron chi connectivity index (χ3n) is 5.24. The summed E-state index contributed by atoms with van der Waals surface area (Å²) >= 11 is 0. The summed E-state index contributed by atoms with van der Waals surface area (Å²) in [4.78, 5) is 27.3. The van der Waals surface area contributed by atoms with Crippen molar-refractivity contribution < 1.29 is 14.3 Å². The van der Waals surface area contributed by atoms with Crippen LogP contribution in [-0.4, -0.2) is 43.0 Å². The van der Waals surface area contributed by atoms with Crippen LogP contribution in [0, 0.1) is 0 Å². The van der Waals surface area contributed by atoms with E-state index >= 15 is 0 Å². The number of para-hydroxylation sites is 1. The lowest BCUT2D eigenvalue weighted by Crippen LogP contribution is -2.35. The number of methoxy groups -OCH3 is 1. The van der Waals surface area contributed by atoms with E-state index in [0.717, 1.165) is 30.7 Å². The summed E-state index contributed by atoms with van der Waals surface area (Å²) in [5.74, 6) is 0.513. The van der Waals surface area contributed by atoms with E-state index in [-0.39, 0.29) is 30.4 Å². The summed E-state index contributed by atoms with van der Waals surface area (Å²) < 4.78 is 5.31. The Morgan fingerprint density at radius 1 is 1.17 bits per heavy atom. The van der Waals surface area contributed by atoms with E-state index in [2.05, 4.69) is 22.5 Å². The number of hydrogen-bond acceptors (Lipinski definition) is 4. The van der Waals surface area contributed by atoms with Crippen LogP contribution >= 0.6 is 0 Å². The average molecular weight is 396 g/mol. The number of carbonyl (C=O) groups is 2. The lowest BCUT2D eigenvalue weighted by atomic mass is 10.1. The van der Waals surface area contributed by atoms with Crippen molar-refractivity contribution in [1.82, 2.24) is 10.2 Å². The number of hydrogen-bond donors (Lipinski definition) is 2. The first-order chi connectivity index (χ1) is 14.0. The number of nitrogens with one attached hydrogen (secondary N) is 2. The first-order valence-electron chi connectivity index (χ1n) is 10.1. The first kappa shape index (κ1) is 20.9. The van der Waals surface area contributed by atoms with Gasteiger partial charge in [-0.05, 0) is 56.1 Å². The maximum atomic E-state index is 12.7. The summed E-state index contributed by atoms with van der Waals surface area (Å²) in [5.41, 5.74) is 2.13.